The van der Waals surface area contributed by atoms with Gasteiger partial charge in [0, 0.05) is 19.7 Å². The van der Waals surface area contributed by atoms with Crippen molar-refractivity contribution >= 4 is 17.9 Å². The van der Waals surface area contributed by atoms with Gasteiger partial charge in [0.25, 0.3) is 0 Å². The van der Waals surface area contributed by atoms with Crippen LogP contribution >= 0.6 is 0 Å². The highest BCUT2D eigenvalue weighted by Gasteiger charge is 2.11. The number of rotatable bonds is 4. The van der Waals surface area contributed by atoms with Crippen molar-refractivity contribution in [2.75, 3.05) is 24.3 Å². The summed E-state index contributed by atoms with van der Waals surface area (Å²) in [5.74, 6) is 1.44. The largest absolute Gasteiger partial charge is 0.347 e. The van der Waals surface area contributed by atoms with Crippen LogP contribution in [0, 0.1) is 0 Å². The zero-order valence-electron chi connectivity index (χ0n) is 11.6. The van der Waals surface area contributed by atoms with Crippen LogP contribution in [-0.2, 0) is 0 Å². The smallest absolute Gasteiger partial charge is 0.328 e. The lowest BCUT2D eigenvalue weighted by Crippen LogP contribution is -2.15. The summed E-state index contributed by atoms with van der Waals surface area (Å²) in [5.41, 5.74) is 0.900. The van der Waals surface area contributed by atoms with E-state index >= 15 is 0 Å². The Hall–Kier alpha value is -3.03. The van der Waals surface area contributed by atoms with E-state index in [1.54, 1.807) is 4.90 Å². The van der Waals surface area contributed by atoms with E-state index in [1.165, 1.54) is 6.33 Å². The summed E-state index contributed by atoms with van der Waals surface area (Å²) < 4.78 is 4.90. The number of hydrogen-bond donors (Lipinski definition) is 1. The van der Waals surface area contributed by atoms with E-state index in [1.807, 2.05) is 44.4 Å². The Bertz CT molecular complexity index is 713. The molecule has 0 radical (unpaired) electrons. The molecule has 3 rings (SSSR count). The van der Waals surface area contributed by atoms with E-state index in [0.717, 1.165) is 5.56 Å². The first-order chi connectivity index (χ1) is 10.2. The van der Waals surface area contributed by atoms with Crippen LogP contribution in [0.25, 0.3) is 11.4 Å². The van der Waals surface area contributed by atoms with Gasteiger partial charge < -0.3 is 9.42 Å². The molecule has 1 aromatic carbocycles. The van der Waals surface area contributed by atoms with Gasteiger partial charge in [0.1, 0.15) is 0 Å². The predicted molar refractivity (Wildman–Crippen MR) is 77.2 cm³/mol. The number of hydrogen-bond acceptors (Lipinski definition) is 8. The van der Waals surface area contributed by atoms with Gasteiger partial charge in [0.15, 0.2) is 12.2 Å². The Morgan fingerprint density at radius 3 is 2.52 bits per heavy atom. The standard InChI is InChI=1S/C13H13N7O/c1-20(2)12-17-10(9-6-4-3-5-7-9)16-11(18-12)19-13-14-8-15-21-13/h3-8H,1-2H3,(H,14,15,16,17,18,19). The molecule has 0 bridgehead atoms. The highest BCUT2D eigenvalue weighted by atomic mass is 16.5. The second-order valence-electron chi connectivity index (χ2n) is 4.41. The van der Waals surface area contributed by atoms with Crippen LogP contribution in [0.4, 0.5) is 17.9 Å². The van der Waals surface area contributed by atoms with E-state index in [9.17, 15) is 0 Å². The third kappa shape index (κ3) is 2.94. The van der Waals surface area contributed by atoms with Gasteiger partial charge in [-0.05, 0) is 0 Å². The molecule has 8 nitrogen and oxygen atoms in total. The number of aromatic nitrogens is 5. The average Bonchev–Trinajstić information content (AvgIpc) is 3.01. The molecule has 0 aliphatic carbocycles. The van der Waals surface area contributed by atoms with Crippen molar-refractivity contribution in [2.24, 2.45) is 0 Å². The Balaban J connectivity index is 2.02. The fourth-order valence-corrected chi connectivity index (χ4v) is 1.66. The predicted octanol–water partition coefficient (Wildman–Crippen LogP) is 1.73. The molecular weight excluding hydrogens is 270 g/mol. The van der Waals surface area contributed by atoms with Crippen molar-refractivity contribution in [3.8, 4) is 11.4 Å². The third-order valence-electron chi connectivity index (χ3n) is 2.64. The minimum Gasteiger partial charge on any atom is -0.347 e. The molecule has 106 valence electrons. The van der Waals surface area contributed by atoms with Crippen LogP contribution in [0.2, 0.25) is 0 Å². The lowest BCUT2D eigenvalue weighted by molar-refractivity contribution is 0.432. The third-order valence-corrected chi connectivity index (χ3v) is 2.64. The number of benzene rings is 1. The topological polar surface area (TPSA) is 92.9 Å². The summed E-state index contributed by atoms with van der Waals surface area (Å²) in [7, 11) is 3.72. The lowest BCUT2D eigenvalue weighted by atomic mass is 10.2. The monoisotopic (exact) mass is 283 g/mol. The zero-order valence-corrected chi connectivity index (χ0v) is 11.6. The van der Waals surface area contributed by atoms with Gasteiger partial charge in [-0.15, -0.1) is 0 Å². The molecule has 0 fully saturated rings. The highest BCUT2D eigenvalue weighted by Crippen LogP contribution is 2.19. The van der Waals surface area contributed by atoms with Crippen LogP contribution < -0.4 is 10.2 Å². The van der Waals surface area contributed by atoms with Gasteiger partial charge >= 0.3 is 6.01 Å². The summed E-state index contributed by atoms with van der Waals surface area (Å²) in [6.45, 7) is 0. The van der Waals surface area contributed by atoms with Gasteiger partial charge in [-0.25, -0.2) is 0 Å². The summed E-state index contributed by atoms with van der Waals surface area (Å²) in [6.07, 6.45) is 1.30. The van der Waals surface area contributed by atoms with Crippen molar-refractivity contribution in [1.29, 1.82) is 0 Å². The van der Waals surface area contributed by atoms with Crippen LogP contribution in [-0.4, -0.2) is 39.2 Å². The second kappa shape index (κ2) is 5.53. The molecule has 2 aromatic heterocycles. The average molecular weight is 283 g/mol. The van der Waals surface area contributed by atoms with Crippen LogP contribution in [0.3, 0.4) is 0 Å². The Labute approximate surface area is 120 Å². The molecule has 2 heterocycles. The van der Waals surface area contributed by atoms with Crippen LogP contribution in [0.15, 0.2) is 41.2 Å². The van der Waals surface area contributed by atoms with Crippen molar-refractivity contribution in [3.63, 3.8) is 0 Å². The quantitative estimate of drug-likeness (QED) is 0.773. The fourth-order valence-electron chi connectivity index (χ4n) is 1.66. The molecule has 0 spiro atoms. The first-order valence-corrected chi connectivity index (χ1v) is 6.25. The maximum atomic E-state index is 4.90. The molecule has 0 saturated heterocycles. The Morgan fingerprint density at radius 2 is 1.86 bits per heavy atom. The molecule has 0 aliphatic rings. The molecule has 21 heavy (non-hydrogen) atoms. The minimum absolute atomic E-state index is 0.227. The van der Waals surface area contributed by atoms with Crippen molar-refractivity contribution in [2.45, 2.75) is 0 Å². The summed E-state index contributed by atoms with van der Waals surface area (Å²) in [4.78, 5) is 18.8. The first kappa shape index (κ1) is 13.0. The van der Waals surface area contributed by atoms with Crippen molar-refractivity contribution in [3.05, 3.63) is 36.7 Å². The van der Waals surface area contributed by atoms with Gasteiger partial charge in [0.05, 0.1) is 0 Å². The van der Waals surface area contributed by atoms with Gasteiger partial charge in [-0.3, -0.25) is 5.32 Å². The lowest BCUT2D eigenvalue weighted by Gasteiger charge is -2.12. The van der Waals surface area contributed by atoms with Crippen molar-refractivity contribution in [1.82, 2.24) is 25.1 Å². The Morgan fingerprint density at radius 1 is 1.05 bits per heavy atom. The maximum absolute atomic E-state index is 4.90. The molecule has 3 aromatic rings. The van der Waals surface area contributed by atoms with E-state index in [0.29, 0.717) is 17.7 Å². The van der Waals surface area contributed by atoms with Gasteiger partial charge in [0.2, 0.25) is 11.9 Å². The SMILES string of the molecule is CN(C)c1nc(Nc2ncno2)nc(-c2ccccc2)n1. The zero-order chi connectivity index (χ0) is 14.7. The number of anilines is 3. The fraction of sp³-hybridized carbons (Fsp3) is 0.154. The Kier molecular flexibility index (Phi) is 3.42. The highest BCUT2D eigenvalue weighted by molar-refractivity contribution is 5.59. The van der Waals surface area contributed by atoms with Crippen LogP contribution in [0.5, 0.6) is 0 Å². The molecule has 8 heteroatoms. The molecule has 0 amide bonds. The van der Waals surface area contributed by atoms with Gasteiger partial charge in [-0.2, -0.15) is 19.9 Å². The van der Waals surface area contributed by atoms with Crippen LogP contribution in [0.1, 0.15) is 0 Å². The number of nitrogens with one attached hydrogen (secondary N) is 1. The number of nitrogens with zero attached hydrogens (tertiary/aromatic N) is 6. The molecule has 1 N–H and O–H groups in total. The molecule has 0 unspecified atom stereocenters. The van der Waals surface area contributed by atoms with E-state index in [4.69, 9.17) is 4.52 Å². The van der Waals surface area contributed by atoms with Crippen molar-refractivity contribution < 1.29 is 4.52 Å². The first-order valence-electron chi connectivity index (χ1n) is 6.25. The van der Waals surface area contributed by atoms with E-state index in [-0.39, 0.29) is 6.01 Å². The summed E-state index contributed by atoms with van der Waals surface area (Å²) in [6, 6.07) is 9.90. The molecular formula is C13H13N7O. The molecule has 0 saturated carbocycles. The van der Waals surface area contributed by atoms with E-state index in [2.05, 4.69) is 30.4 Å². The summed E-state index contributed by atoms with van der Waals surface area (Å²) >= 11 is 0. The summed E-state index contributed by atoms with van der Waals surface area (Å²) in [5, 5.41) is 6.39. The second-order valence-corrected chi connectivity index (χ2v) is 4.41. The molecule has 0 aliphatic heterocycles. The maximum Gasteiger partial charge on any atom is 0.328 e. The van der Waals surface area contributed by atoms with E-state index < -0.39 is 0 Å². The minimum atomic E-state index is 0.227. The molecule has 0 atom stereocenters. The van der Waals surface area contributed by atoms with Gasteiger partial charge in [-0.1, -0.05) is 35.5 Å². The normalized spacial score (nSPS) is 10.4.